The quantitative estimate of drug-likeness (QED) is 0.855. The van der Waals surface area contributed by atoms with Crippen molar-refractivity contribution >= 4 is 17.4 Å². The van der Waals surface area contributed by atoms with E-state index in [1.807, 2.05) is 36.1 Å². The molecule has 0 radical (unpaired) electrons. The minimum Gasteiger partial charge on any atom is -0.368 e. The van der Waals surface area contributed by atoms with Crippen molar-refractivity contribution < 1.29 is 4.79 Å². The summed E-state index contributed by atoms with van der Waals surface area (Å²) in [5.74, 6) is 0. The number of aryl methyl sites for hydroxylation is 1. The lowest BCUT2D eigenvalue weighted by atomic mass is 9.85. The lowest BCUT2D eigenvalue weighted by Crippen LogP contribution is -2.50. The van der Waals surface area contributed by atoms with E-state index < -0.39 is 0 Å². The SMILES string of the molecule is Cc1ccccc1NC(=O)N1CCN(c2ccccc2C(C)(C)C)CC1. The smallest absolute Gasteiger partial charge is 0.321 e. The predicted octanol–water partition coefficient (Wildman–Crippen LogP) is 4.65. The summed E-state index contributed by atoms with van der Waals surface area (Å²) in [7, 11) is 0. The molecule has 2 aromatic rings. The molecule has 4 nitrogen and oxygen atoms in total. The molecule has 1 aliphatic rings. The van der Waals surface area contributed by atoms with Crippen LogP contribution in [-0.4, -0.2) is 37.1 Å². The number of rotatable bonds is 2. The Hall–Kier alpha value is -2.49. The third-order valence-electron chi connectivity index (χ3n) is 5.01. The monoisotopic (exact) mass is 351 g/mol. The molecule has 1 N–H and O–H groups in total. The van der Waals surface area contributed by atoms with Crippen molar-refractivity contribution in [3.63, 3.8) is 0 Å². The Balaban J connectivity index is 1.65. The van der Waals surface area contributed by atoms with Gasteiger partial charge in [-0.1, -0.05) is 57.2 Å². The number of nitrogens with one attached hydrogen (secondary N) is 1. The van der Waals surface area contributed by atoms with Gasteiger partial charge >= 0.3 is 6.03 Å². The summed E-state index contributed by atoms with van der Waals surface area (Å²) in [6.07, 6.45) is 0. The Morgan fingerprint density at radius 3 is 2.19 bits per heavy atom. The van der Waals surface area contributed by atoms with E-state index >= 15 is 0 Å². The van der Waals surface area contributed by atoms with Crippen LogP contribution in [0.4, 0.5) is 16.2 Å². The van der Waals surface area contributed by atoms with Crippen LogP contribution in [-0.2, 0) is 5.41 Å². The Bertz CT molecular complexity index is 771. The van der Waals surface area contributed by atoms with Crippen LogP contribution in [0.5, 0.6) is 0 Å². The van der Waals surface area contributed by atoms with Crippen LogP contribution in [0.2, 0.25) is 0 Å². The molecule has 138 valence electrons. The summed E-state index contributed by atoms with van der Waals surface area (Å²) < 4.78 is 0. The van der Waals surface area contributed by atoms with Crippen molar-refractivity contribution in [3.05, 3.63) is 59.7 Å². The van der Waals surface area contributed by atoms with Crippen LogP contribution >= 0.6 is 0 Å². The summed E-state index contributed by atoms with van der Waals surface area (Å²) in [4.78, 5) is 16.9. The molecule has 4 heteroatoms. The molecule has 2 amide bonds. The fourth-order valence-corrected chi connectivity index (χ4v) is 3.44. The molecule has 0 saturated carbocycles. The van der Waals surface area contributed by atoms with Crippen LogP contribution < -0.4 is 10.2 Å². The van der Waals surface area contributed by atoms with Crippen molar-refractivity contribution in [1.29, 1.82) is 0 Å². The maximum Gasteiger partial charge on any atom is 0.321 e. The number of benzene rings is 2. The molecule has 0 unspecified atom stereocenters. The first kappa shape index (κ1) is 18.3. The zero-order valence-corrected chi connectivity index (χ0v) is 16.2. The highest BCUT2D eigenvalue weighted by atomic mass is 16.2. The summed E-state index contributed by atoms with van der Waals surface area (Å²) in [6.45, 7) is 11.9. The lowest BCUT2D eigenvalue weighted by molar-refractivity contribution is 0.208. The van der Waals surface area contributed by atoms with E-state index in [4.69, 9.17) is 0 Å². The normalized spacial score (nSPS) is 15.1. The first-order valence-corrected chi connectivity index (χ1v) is 9.32. The lowest BCUT2D eigenvalue weighted by Gasteiger charge is -2.38. The molecule has 0 aromatic heterocycles. The van der Waals surface area contributed by atoms with E-state index in [1.54, 1.807) is 0 Å². The highest BCUT2D eigenvalue weighted by Crippen LogP contribution is 2.32. The van der Waals surface area contributed by atoms with Gasteiger partial charge in [0, 0.05) is 37.6 Å². The van der Waals surface area contributed by atoms with Crippen LogP contribution in [0.25, 0.3) is 0 Å². The number of urea groups is 1. The van der Waals surface area contributed by atoms with Gasteiger partial charge in [0.05, 0.1) is 0 Å². The molecule has 1 aliphatic heterocycles. The van der Waals surface area contributed by atoms with Crippen LogP contribution in [0.15, 0.2) is 48.5 Å². The number of amides is 2. The van der Waals surface area contributed by atoms with Gasteiger partial charge in [-0.2, -0.15) is 0 Å². The Labute approximate surface area is 156 Å². The first-order valence-electron chi connectivity index (χ1n) is 9.32. The average Bonchev–Trinajstić information content (AvgIpc) is 2.63. The Morgan fingerprint density at radius 2 is 1.54 bits per heavy atom. The van der Waals surface area contributed by atoms with Crippen LogP contribution in [0.3, 0.4) is 0 Å². The average molecular weight is 351 g/mol. The van der Waals surface area contributed by atoms with Gasteiger partial charge in [-0.3, -0.25) is 0 Å². The van der Waals surface area contributed by atoms with E-state index in [-0.39, 0.29) is 11.4 Å². The van der Waals surface area contributed by atoms with Gasteiger partial charge in [-0.05, 0) is 35.6 Å². The summed E-state index contributed by atoms with van der Waals surface area (Å²) in [6, 6.07) is 16.5. The maximum atomic E-state index is 12.6. The molecule has 3 rings (SSSR count). The van der Waals surface area contributed by atoms with Crippen molar-refractivity contribution in [2.45, 2.75) is 33.1 Å². The Kier molecular flexibility index (Phi) is 5.21. The van der Waals surface area contributed by atoms with Gasteiger partial charge in [-0.15, -0.1) is 0 Å². The second-order valence-electron chi connectivity index (χ2n) is 7.99. The molecular weight excluding hydrogens is 322 g/mol. The molecule has 1 heterocycles. The van der Waals surface area contributed by atoms with Gasteiger partial charge in [0.15, 0.2) is 0 Å². The van der Waals surface area contributed by atoms with Crippen LogP contribution in [0.1, 0.15) is 31.9 Å². The third kappa shape index (κ3) is 4.01. The zero-order chi connectivity index (χ0) is 18.7. The number of carbonyl (C=O) groups is 1. The van der Waals surface area contributed by atoms with Crippen molar-refractivity contribution in [2.24, 2.45) is 0 Å². The number of piperazine rings is 1. The zero-order valence-electron chi connectivity index (χ0n) is 16.2. The summed E-state index contributed by atoms with van der Waals surface area (Å²) >= 11 is 0. The largest absolute Gasteiger partial charge is 0.368 e. The highest BCUT2D eigenvalue weighted by Gasteiger charge is 2.25. The standard InChI is InChI=1S/C22H29N3O/c1-17-9-5-7-11-19(17)23-21(26)25-15-13-24(14-16-25)20-12-8-6-10-18(20)22(2,3)4/h5-12H,13-16H2,1-4H3,(H,23,26). The molecule has 1 saturated heterocycles. The van der Waals surface area contributed by atoms with E-state index in [0.29, 0.717) is 0 Å². The minimum absolute atomic E-state index is 0.0111. The number of carbonyl (C=O) groups excluding carboxylic acids is 1. The fraction of sp³-hybridized carbons (Fsp3) is 0.409. The minimum atomic E-state index is -0.0111. The molecule has 0 spiro atoms. The molecular formula is C22H29N3O. The second kappa shape index (κ2) is 7.40. The number of para-hydroxylation sites is 2. The number of nitrogens with zero attached hydrogens (tertiary/aromatic N) is 2. The molecule has 26 heavy (non-hydrogen) atoms. The molecule has 2 aromatic carbocycles. The van der Waals surface area contributed by atoms with Crippen molar-refractivity contribution in [1.82, 2.24) is 4.90 Å². The highest BCUT2D eigenvalue weighted by molar-refractivity contribution is 5.90. The maximum absolute atomic E-state index is 12.6. The summed E-state index contributed by atoms with van der Waals surface area (Å²) in [5.41, 5.74) is 4.73. The van der Waals surface area contributed by atoms with E-state index in [0.717, 1.165) is 37.4 Å². The molecule has 0 atom stereocenters. The number of anilines is 2. The van der Waals surface area contributed by atoms with Gasteiger partial charge in [-0.25, -0.2) is 4.79 Å². The van der Waals surface area contributed by atoms with Gasteiger partial charge in [0.25, 0.3) is 0 Å². The van der Waals surface area contributed by atoms with Crippen molar-refractivity contribution in [2.75, 3.05) is 36.4 Å². The topological polar surface area (TPSA) is 35.6 Å². The predicted molar refractivity (Wildman–Crippen MR) is 109 cm³/mol. The summed E-state index contributed by atoms with van der Waals surface area (Å²) in [5, 5.41) is 3.04. The fourth-order valence-electron chi connectivity index (χ4n) is 3.44. The van der Waals surface area contributed by atoms with E-state index in [9.17, 15) is 4.79 Å². The molecule has 0 aliphatic carbocycles. The second-order valence-corrected chi connectivity index (χ2v) is 7.99. The van der Waals surface area contributed by atoms with Gasteiger partial charge < -0.3 is 15.1 Å². The molecule has 1 fully saturated rings. The van der Waals surface area contributed by atoms with Gasteiger partial charge in [0.1, 0.15) is 0 Å². The van der Waals surface area contributed by atoms with Crippen molar-refractivity contribution in [3.8, 4) is 0 Å². The van der Waals surface area contributed by atoms with E-state index in [2.05, 4.69) is 55.3 Å². The number of hydrogen-bond acceptors (Lipinski definition) is 2. The Morgan fingerprint density at radius 1 is 0.923 bits per heavy atom. The molecule has 0 bridgehead atoms. The van der Waals surface area contributed by atoms with E-state index in [1.165, 1.54) is 11.3 Å². The first-order chi connectivity index (χ1) is 12.4. The third-order valence-corrected chi connectivity index (χ3v) is 5.01. The van der Waals surface area contributed by atoms with Gasteiger partial charge in [0.2, 0.25) is 0 Å². The van der Waals surface area contributed by atoms with Crippen LogP contribution in [0, 0.1) is 6.92 Å². The number of hydrogen-bond donors (Lipinski definition) is 1.